The summed E-state index contributed by atoms with van der Waals surface area (Å²) in [5.74, 6) is 2.21. The molecule has 2 N–H and O–H groups in total. The molecule has 0 radical (unpaired) electrons. The Hall–Kier alpha value is -1.55. The van der Waals surface area contributed by atoms with E-state index in [1.54, 1.807) is 4.90 Å². The number of benzene rings is 1. The number of carbonyl (C=O) groups excluding carboxylic acids is 1. The highest BCUT2D eigenvalue weighted by molar-refractivity contribution is 5.76. The van der Waals surface area contributed by atoms with Gasteiger partial charge in [0.15, 0.2) is 0 Å². The predicted molar refractivity (Wildman–Crippen MR) is 106 cm³/mol. The van der Waals surface area contributed by atoms with Crippen molar-refractivity contribution in [2.45, 2.75) is 64.4 Å². The van der Waals surface area contributed by atoms with E-state index in [0.717, 1.165) is 38.6 Å². The molecule has 1 aromatic carbocycles. The first-order chi connectivity index (χ1) is 12.8. The highest BCUT2D eigenvalue weighted by Crippen LogP contribution is 2.62. The van der Waals surface area contributed by atoms with Crippen LogP contribution in [0.25, 0.3) is 0 Å². The van der Waals surface area contributed by atoms with Crippen LogP contribution in [-0.2, 0) is 11.2 Å². The van der Waals surface area contributed by atoms with Gasteiger partial charge in [-0.05, 0) is 91.4 Å². The van der Waals surface area contributed by atoms with Gasteiger partial charge in [-0.2, -0.15) is 0 Å². The van der Waals surface area contributed by atoms with E-state index in [-0.39, 0.29) is 23.3 Å². The molecule has 4 heteroatoms. The number of hydrogen-bond donors (Lipinski definition) is 2. The average molecular weight is 372 g/mol. The number of rotatable bonds is 3. The standard InChI is InChI=1S/C23H33NO3/c1-4-24(3)21(26)13-15-12-20-19-7-5-14-11-16(25)6-8-17(14)18(19)9-10-23(20,2)22(15)27/h6,8,11,15,18-20,22,25,27H,4-5,7,9-10,12-13H2,1-3H3/t15?,18?,19?,20?,22-,23-/m0/s1. The molecule has 27 heavy (non-hydrogen) atoms. The minimum atomic E-state index is -0.376. The molecule has 3 aliphatic rings. The minimum Gasteiger partial charge on any atom is -0.508 e. The van der Waals surface area contributed by atoms with E-state index in [9.17, 15) is 15.0 Å². The molecule has 3 aliphatic carbocycles. The van der Waals surface area contributed by atoms with Crippen LogP contribution in [0.4, 0.5) is 0 Å². The van der Waals surface area contributed by atoms with Crippen molar-refractivity contribution in [1.82, 2.24) is 4.90 Å². The smallest absolute Gasteiger partial charge is 0.222 e. The first-order valence-corrected chi connectivity index (χ1v) is 10.6. The van der Waals surface area contributed by atoms with Crippen molar-refractivity contribution in [3.05, 3.63) is 29.3 Å². The molecule has 4 rings (SSSR count). The van der Waals surface area contributed by atoms with Crippen molar-refractivity contribution in [1.29, 1.82) is 0 Å². The Labute approximate surface area is 162 Å². The van der Waals surface area contributed by atoms with Crippen molar-refractivity contribution in [2.24, 2.45) is 23.2 Å². The van der Waals surface area contributed by atoms with Crippen LogP contribution in [0.1, 0.15) is 63.0 Å². The third kappa shape index (κ3) is 2.97. The first kappa shape index (κ1) is 18.8. The van der Waals surface area contributed by atoms with Gasteiger partial charge in [-0.25, -0.2) is 0 Å². The van der Waals surface area contributed by atoms with E-state index in [1.165, 1.54) is 11.1 Å². The van der Waals surface area contributed by atoms with E-state index in [0.29, 0.717) is 29.9 Å². The predicted octanol–water partition coefficient (Wildman–Crippen LogP) is 3.70. The molecule has 6 atom stereocenters. The van der Waals surface area contributed by atoms with Crippen molar-refractivity contribution >= 4 is 5.91 Å². The van der Waals surface area contributed by atoms with Gasteiger partial charge in [0.1, 0.15) is 5.75 Å². The first-order valence-electron chi connectivity index (χ1n) is 10.6. The molecule has 0 aromatic heterocycles. The molecule has 1 amide bonds. The number of phenolic OH excluding ortho intramolecular Hbond substituents is 1. The number of aromatic hydroxyl groups is 1. The number of nitrogens with zero attached hydrogens (tertiary/aromatic N) is 1. The SMILES string of the molecule is CCN(C)C(=O)CC1CC2C3CCc4cc(O)ccc4C3CC[C@]2(C)[C@H]1O. The topological polar surface area (TPSA) is 60.8 Å². The van der Waals surface area contributed by atoms with Crippen molar-refractivity contribution < 1.29 is 15.0 Å². The average Bonchev–Trinajstić information content (AvgIpc) is 2.91. The highest BCUT2D eigenvalue weighted by atomic mass is 16.3. The maximum atomic E-state index is 12.5. The lowest BCUT2D eigenvalue weighted by atomic mass is 9.55. The van der Waals surface area contributed by atoms with Crippen LogP contribution in [0.5, 0.6) is 5.75 Å². The second kappa shape index (κ2) is 6.80. The lowest BCUT2D eigenvalue weighted by Gasteiger charge is -2.50. The molecule has 0 spiro atoms. The lowest BCUT2D eigenvalue weighted by Crippen LogP contribution is -2.44. The van der Waals surface area contributed by atoms with Crippen LogP contribution in [0.15, 0.2) is 18.2 Å². The zero-order chi connectivity index (χ0) is 19.3. The molecule has 2 saturated carbocycles. The fourth-order valence-electron chi connectivity index (χ4n) is 6.47. The van der Waals surface area contributed by atoms with Gasteiger partial charge in [-0.1, -0.05) is 13.0 Å². The Morgan fingerprint density at radius 1 is 1.33 bits per heavy atom. The summed E-state index contributed by atoms with van der Waals surface area (Å²) < 4.78 is 0. The van der Waals surface area contributed by atoms with E-state index in [2.05, 4.69) is 13.0 Å². The Bertz CT molecular complexity index is 732. The lowest BCUT2D eigenvalue weighted by molar-refractivity contribution is -0.131. The number of aliphatic hydroxyl groups excluding tert-OH is 1. The fourth-order valence-corrected chi connectivity index (χ4v) is 6.47. The van der Waals surface area contributed by atoms with Crippen LogP contribution < -0.4 is 0 Å². The number of aliphatic hydroxyl groups is 1. The maximum absolute atomic E-state index is 12.5. The molecule has 0 saturated heterocycles. The summed E-state index contributed by atoms with van der Waals surface area (Å²) in [6, 6.07) is 5.87. The van der Waals surface area contributed by atoms with Crippen LogP contribution in [-0.4, -0.2) is 40.7 Å². The van der Waals surface area contributed by atoms with E-state index >= 15 is 0 Å². The van der Waals surface area contributed by atoms with Crippen LogP contribution in [0, 0.1) is 23.2 Å². The Kier molecular flexibility index (Phi) is 4.74. The highest BCUT2D eigenvalue weighted by Gasteiger charge is 2.58. The van der Waals surface area contributed by atoms with Crippen molar-refractivity contribution in [2.75, 3.05) is 13.6 Å². The summed E-state index contributed by atoms with van der Waals surface area (Å²) in [7, 11) is 1.85. The number of amides is 1. The summed E-state index contributed by atoms with van der Waals surface area (Å²) in [6.07, 6.45) is 5.32. The van der Waals surface area contributed by atoms with Gasteiger partial charge >= 0.3 is 0 Å². The van der Waals surface area contributed by atoms with Crippen molar-refractivity contribution in [3.63, 3.8) is 0 Å². The molecule has 0 bridgehead atoms. The summed E-state index contributed by atoms with van der Waals surface area (Å²) in [5, 5.41) is 21.0. The second-order valence-corrected chi connectivity index (χ2v) is 9.40. The Morgan fingerprint density at radius 3 is 2.85 bits per heavy atom. The summed E-state index contributed by atoms with van der Waals surface area (Å²) in [4.78, 5) is 14.2. The number of aryl methyl sites for hydroxylation is 1. The van der Waals surface area contributed by atoms with Gasteiger partial charge in [-0.15, -0.1) is 0 Å². The van der Waals surface area contributed by atoms with E-state index < -0.39 is 0 Å². The monoisotopic (exact) mass is 371 g/mol. The minimum absolute atomic E-state index is 0.0642. The van der Waals surface area contributed by atoms with Gasteiger partial charge in [0.25, 0.3) is 0 Å². The zero-order valence-corrected chi connectivity index (χ0v) is 16.8. The largest absolute Gasteiger partial charge is 0.508 e. The molecule has 4 nitrogen and oxygen atoms in total. The van der Waals surface area contributed by atoms with Crippen molar-refractivity contribution in [3.8, 4) is 5.75 Å². The molecule has 0 aliphatic heterocycles. The van der Waals surface area contributed by atoms with Gasteiger partial charge in [0, 0.05) is 20.0 Å². The fraction of sp³-hybridized carbons (Fsp3) is 0.696. The maximum Gasteiger partial charge on any atom is 0.222 e. The number of phenols is 1. The molecule has 0 heterocycles. The van der Waals surface area contributed by atoms with Crippen LogP contribution in [0.3, 0.4) is 0 Å². The van der Waals surface area contributed by atoms with E-state index in [4.69, 9.17) is 0 Å². The zero-order valence-electron chi connectivity index (χ0n) is 16.8. The number of carbonyl (C=O) groups is 1. The molecular weight excluding hydrogens is 338 g/mol. The third-order valence-corrected chi connectivity index (χ3v) is 8.16. The number of hydrogen-bond acceptors (Lipinski definition) is 3. The molecule has 148 valence electrons. The molecule has 1 aromatic rings. The Balaban J connectivity index is 1.57. The number of fused-ring (bicyclic) bond motifs is 5. The normalized spacial score (nSPS) is 37.3. The molecule has 4 unspecified atom stereocenters. The van der Waals surface area contributed by atoms with Crippen LogP contribution >= 0.6 is 0 Å². The Morgan fingerprint density at radius 2 is 2.11 bits per heavy atom. The molecular formula is C23H33NO3. The summed E-state index contributed by atoms with van der Waals surface area (Å²) in [6.45, 7) is 4.97. The molecule has 2 fully saturated rings. The second-order valence-electron chi connectivity index (χ2n) is 9.40. The van der Waals surface area contributed by atoms with E-state index in [1.807, 2.05) is 26.1 Å². The summed E-state index contributed by atoms with van der Waals surface area (Å²) in [5.41, 5.74) is 2.64. The quantitative estimate of drug-likeness (QED) is 0.852. The van der Waals surface area contributed by atoms with Gasteiger partial charge in [0.2, 0.25) is 5.91 Å². The van der Waals surface area contributed by atoms with Gasteiger partial charge < -0.3 is 15.1 Å². The van der Waals surface area contributed by atoms with Gasteiger partial charge in [-0.3, -0.25) is 4.79 Å². The van der Waals surface area contributed by atoms with Gasteiger partial charge in [0.05, 0.1) is 6.10 Å². The third-order valence-electron chi connectivity index (χ3n) is 8.16. The summed E-state index contributed by atoms with van der Waals surface area (Å²) >= 11 is 0. The van der Waals surface area contributed by atoms with Crippen LogP contribution in [0.2, 0.25) is 0 Å².